The first-order valence-electron chi connectivity index (χ1n) is 6.69. The van der Waals surface area contributed by atoms with Crippen LogP contribution in [0.25, 0.3) is 0 Å². The van der Waals surface area contributed by atoms with E-state index in [-0.39, 0.29) is 19.3 Å². The highest BCUT2D eigenvalue weighted by Gasteiger charge is 2.39. The minimum absolute atomic E-state index is 0.0665. The largest absolute Gasteiger partial charge is 0.399 e. The molecule has 6 heteroatoms. The summed E-state index contributed by atoms with van der Waals surface area (Å²) in [5, 5.41) is 8.83. The summed E-state index contributed by atoms with van der Waals surface area (Å²) in [5.74, 6) is -0.417. The molecule has 0 spiro atoms. The predicted molar refractivity (Wildman–Crippen MR) is 77.4 cm³/mol. The van der Waals surface area contributed by atoms with Gasteiger partial charge in [-0.3, -0.25) is 4.79 Å². The molecular formula is C14H21N3O3. The molecule has 0 bridgehead atoms. The zero-order chi connectivity index (χ0) is 14.7. The first-order valence-corrected chi connectivity index (χ1v) is 6.69. The summed E-state index contributed by atoms with van der Waals surface area (Å²) < 4.78 is 5.51. The number of nitrogens with two attached hydrogens (primary N) is 2. The number of benzene rings is 1. The molecule has 2 rings (SSSR count). The summed E-state index contributed by atoms with van der Waals surface area (Å²) in [6.45, 7) is 2.76. The van der Waals surface area contributed by atoms with E-state index in [1.165, 1.54) is 0 Å². The molecule has 1 aromatic rings. The van der Waals surface area contributed by atoms with Gasteiger partial charge in [-0.2, -0.15) is 0 Å². The van der Waals surface area contributed by atoms with Crippen molar-refractivity contribution in [1.29, 1.82) is 0 Å². The number of carbonyl (C=O) groups is 1. The Bertz CT molecular complexity index is 493. The molecule has 1 fully saturated rings. The lowest BCUT2D eigenvalue weighted by molar-refractivity contribution is -0.122. The van der Waals surface area contributed by atoms with E-state index in [0.29, 0.717) is 13.0 Å². The Labute approximate surface area is 118 Å². The molecule has 0 aromatic heterocycles. The molecule has 0 aliphatic carbocycles. The van der Waals surface area contributed by atoms with Crippen molar-refractivity contribution in [1.82, 2.24) is 0 Å². The Kier molecular flexibility index (Phi) is 4.46. The highest BCUT2D eigenvalue weighted by atomic mass is 16.5. The van der Waals surface area contributed by atoms with Gasteiger partial charge >= 0.3 is 0 Å². The molecule has 2 unspecified atom stereocenters. The number of nitrogen functional groups attached to an aromatic ring is 1. The third-order valence-corrected chi connectivity index (χ3v) is 3.64. The number of primary amides is 1. The average Bonchev–Trinajstić information content (AvgIpc) is 2.83. The Hall–Kier alpha value is -1.79. The molecule has 1 saturated heterocycles. The second-order valence-corrected chi connectivity index (χ2v) is 5.00. The van der Waals surface area contributed by atoms with Crippen LogP contribution >= 0.6 is 0 Å². The van der Waals surface area contributed by atoms with Gasteiger partial charge < -0.3 is 26.2 Å². The maximum atomic E-state index is 11.7. The fourth-order valence-electron chi connectivity index (χ4n) is 2.61. The van der Waals surface area contributed by atoms with Crippen molar-refractivity contribution in [3.05, 3.63) is 23.8 Å². The topological polar surface area (TPSA) is 102 Å². The number of amides is 1. The number of carbonyl (C=O) groups excluding carboxylic acids is 1. The predicted octanol–water partition coefficient (Wildman–Crippen LogP) is 0.0187. The summed E-state index contributed by atoms with van der Waals surface area (Å²) in [6.07, 6.45) is 0.425. The summed E-state index contributed by atoms with van der Waals surface area (Å²) in [7, 11) is 0. The minimum atomic E-state index is -0.510. The van der Waals surface area contributed by atoms with Gasteiger partial charge in [0, 0.05) is 17.9 Å². The molecule has 1 amide bonds. The van der Waals surface area contributed by atoms with Gasteiger partial charge in [0.1, 0.15) is 6.04 Å². The monoisotopic (exact) mass is 279 g/mol. The second-order valence-electron chi connectivity index (χ2n) is 5.00. The second kappa shape index (κ2) is 6.11. The van der Waals surface area contributed by atoms with Crippen LogP contribution in [0.1, 0.15) is 12.0 Å². The van der Waals surface area contributed by atoms with E-state index in [0.717, 1.165) is 16.9 Å². The van der Waals surface area contributed by atoms with Gasteiger partial charge in [-0.1, -0.05) is 0 Å². The smallest absolute Gasteiger partial charge is 0.242 e. The van der Waals surface area contributed by atoms with Crippen molar-refractivity contribution in [2.75, 3.05) is 30.4 Å². The Balaban J connectivity index is 2.22. The maximum Gasteiger partial charge on any atom is 0.242 e. The number of aliphatic hydroxyl groups excluding tert-OH is 1. The SMILES string of the molecule is Cc1cc(N2CCC(OCCO)C2C(N)=O)ccc1N. The van der Waals surface area contributed by atoms with Crippen LogP contribution in [0.15, 0.2) is 18.2 Å². The molecule has 1 aliphatic rings. The summed E-state index contributed by atoms with van der Waals surface area (Å²) in [5.41, 5.74) is 13.9. The lowest BCUT2D eigenvalue weighted by atomic mass is 10.1. The van der Waals surface area contributed by atoms with Crippen molar-refractivity contribution in [2.24, 2.45) is 5.73 Å². The summed E-state index contributed by atoms with van der Waals surface area (Å²) in [4.78, 5) is 13.7. The van der Waals surface area contributed by atoms with Gasteiger partial charge in [-0.05, 0) is 37.1 Å². The fourth-order valence-corrected chi connectivity index (χ4v) is 2.61. The van der Waals surface area contributed by atoms with E-state index in [1.807, 2.05) is 30.0 Å². The van der Waals surface area contributed by atoms with Gasteiger partial charge in [0.25, 0.3) is 0 Å². The number of hydrogen-bond acceptors (Lipinski definition) is 5. The molecule has 0 saturated carbocycles. The highest BCUT2D eigenvalue weighted by Crippen LogP contribution is 2.29. The Morgan fingerprint density at radius 3 is 2.90 bits per heavy atom. The number of nitrogens with zero attached hydrogens (tertiary/aromatic N) is 1. The number of aryl methyl sites for hydroxylation is 1. The van der Waals surface area contributed by atoms with E-state index in [1.54, 1.807) is 0 Å². The number of aliphatic hydroxyl groups is 1. The fraction of sp³-hybridized carbons (Fsp3) is 0.500. The van der Waals surface area contributed by atoms with Crippen LogP contribution in [0, 0.1) is 6.92 Å². The molecule has 110 valence electrons. The molecule has 1 heterocycles. The first-order chi connectivity index (χ1) is 9.54. The van der Waals surface area contributed by atoms with Crippen LogP contribution in [-0.4, -0.2) is 42.9 Å². The number of ether oxygens (including phenoxy) is 1. The van der Waals surface area contributed by atoms with E-state index in [9.17, 15) is 4.79 Å². The van der Waals surface area contributed by atoms with Crippen LogP contribution in [0.5, 0.6) is 0 Å². The van der Waals surface area contributed by atoms with Crippen molar-refractivity contribution in [3.8, 4) is 0 Å². The maximum absolute atomic E-state index is 11.7. The average molecular weight is 279 g/mol. The molecule has 6 nitrogen and oxygen atoms in total. The van der Waals surface area contributed by atoms with Crippen molar-refractivity contribution in [3.63, 3.8) is 0 Å². The third-order valence-electron chi connectivity index (χ3n) is 3.64. The normalized spacial score (nSPS) is 22.2. The zero-order valence-electron chi connectivity index (χ0n) is 11.6. The van der Waals surface area contributed by atoms with Crippen molar-refractivity contribution in [2.45, 2.75) is 25.5 Å². The zero-order valence-corrected chi connectivity index (χ0v) is 11.6. The molecule has 20 heavy (non-hydrogen) atoms. The number of rotatable bonds is 5. The highest BCUT2D eigenvalue weighted by molar-refractivity contribution is 5.85. The summed E-state index contributed by atoms with van der Waals surface area (Å²) >= 11 is 0. The number of anilines is 2. The molecule has 0 radical (unpaired) electrons. The van der Waals surface area contributed by atoms with Gasteiger partial charge in [0.2, 0.25) is 5.91 Å². The van der Waals surface area contributed by atoms with Crippen LogP contribution in [0.3, 0.4) is 0 Å². The Morgan fingerprint density at radius 1 is 1.55 bits per heavy atom. The molecule has 1 aliphatic heterocycles. The quantitative estimate of drug-likeness (QED) is 0.659. The van der Waals surface area contributed by atoms with Gasteiger partial charge in [-0.15, -0.1) is 0 Å². The molecule has 2 atom stereocenters. The van der Waals surface area contributed by atoms with Crippen LogP contribution in [-0.2, 0) is 9.53 Å². The van der Waals surface area contributed by atoms with Crippen LogP contribution < -0.4 is 16.4 Å². The van der Waals surface area contributed by atoms with E-state index in [2.05, 4.69) is 0 Å². The molecule has 5 N–H and O–H groups in total. The Morgan fingerprint density at radius 2 is 2.30 bits per heavy atom. The van der Waals surface area contributed by atoms with Crippen molar-refractivity contribution < 1.29 is 14.6 Å². The van der Waals surface area contributed by atoms with Crippen LogP contribution in [0.4, 0.5) is 11.4 Å². The molecular weight excluding hydrogens is 258 g/mol. The van der Waals surface area contributed by atoms with Crippen molar-refractivity contribution >= 4 is 17.3 Å². The third kappa shape index (κ3) is 2.86. The minimum Gasteiger partial charge on any atom is -0.399 e. The van der Waals surface area contributed by atoms with E-state index in [4.69, 9.17) is 21.3 Å². The first kappa shape index (κ1) is 14.6. The van der Waals surface area contributed by atoms with E-state index >= 15 is 0 Å². The van der Waals surface area contributed by atoms with Gasteiger partial charge in [-0.25, -0.2) is 0 Å². The number of hydrogen-bond donors (Lipinski definition) is 3. The lowest BCUT2D eigenvalue weighted by Gasteiger charge is -2.27. The standard InChI is InChI=1S/C14H21N3O3/c1-9-8-10(2-3-11(9)15)17-5-4-12(20-7-6-18)13(17)14(16)19/h2-3,8,12-13,18H,4-7,15H2,1H3,(H2,16,19). The van der Waals surface area contributed by atoms with E-state index < -0.39 is 11.9 Å². The molecule has 1 aromatic carbocycles. The van der Waals surface area contributed by atoms with Crippen LogP contribution in [0.2, 0.25) is 0 Å². The van der Waals surface area contributed by atoms with Gasteiger partial charge in [0.15, 0.2) is 0 Å². The summed E-state index contributed by atoms with van der Waals surface area (Å²) in [6, 6.07) is 5.14. The van der Waals surface area contributed by atoms with Gasteiger partial charge in [0.05, 0.1) is 19.3 Å². The lowest BCUT2D eigenvalue weighted by Crippen LogP contribution is -2.47.